The molecule has 1 aliphatic heterocycles. The van der Waals surface area contributed by atoms with E-state index in [0.29, 0.717) is 18.1 Å². The van der Waals surface area contributed by atoms with Gasteiger partial charge in [-0.05, 0) is 42.5 Å². The molecule has 140 valence electrons. The van der Waals surface area contributed by atoms with Gasteiger partial charge >= 0.3 is 0 Å². The summed E-state index contributed by atoms with van der Waals surface area (Å²) < 4.78 is 43.7. The minimum absolute atomic E-state index is 0.164. The number of likely N-dealkylation sites (N-methyl/N-ethyl adjacent to an activating group) is 1. The van der Waals surface area contributed by atoms with Crippen molar-refractivity contribution in [2.45, 2.75) is 4.90 Å². The maximum atomic E-state index is 12.5. The zero-order valence-corrected chi connectivity index (χ0v) is 15.6. The van der Waals surface area contributed by atoms with E-state index in [4.69, 9.17) is 14.2 Å². The van der Waals surface area contributed by atoms with Gasteiger partial charge in [0.15, 0.2) is 0 Å². The van der Waals surface area contributed by atoms with Gasteiger partial charge < -0.3 is 19.1 Å². The topological polar surface area (TPSA) is 77.1 Å². The zero-order chi connectivity index (χ0) is 18.6. The summed E-state index contributed by atoms with van der Waals surface area (Å²) in [5.74, 6) is 2.08. The number of nitrogens with one attached hydrogen (secondary N) is 1. The lowest BCUT2D eigenvalue weighted by Gasteiger charge is -2.28. The van der Waals surface area contributed by atoms with Crippen LogP contribution in [0.2, 0.25) is 0 Å². The first kappa shape index (κ1) is 18.3. The Morgan fingerprint density at radius 3 is 2.62 bits per heavy atom. The third-order valence-corrected chi connectivity index (χ3v) is 5.52. The quantitative estimate of drug-likeness (QED) is 0.742. The van der Waals surface area contributed by atoms with E-state index in [9.17, 15) is 8.42 Å². The standard InChI is InChI=1S/C18H22N2O5S/c1-20-10-12-25-18-8-7-16(13-17(18)20)26(21,22)19-9-11-24-15-5-3-14(23-2)4-6-15/h3-8,13,19H,9-12H2,1-2H3. The second-order valence-electron chi connectivity index (χ2n) is 5.82. The van der Waals surface area contributed by atoms with Crippen molar-refractivity contribution in [2.75, 3.05) is 45.4 Å². The number of sulfonamides is 1. The first-order valence-electron chi connectivity index (χ1n) is 8.24. The average molecular weight is 378 g/mol. The smallest absolute Gasteiger partial charge is 0.240 e. The molecule has 0 aliphatic carbocycles. The van der Waals surface area contributed by atoms with Gasteiger partial charge in [0, 0.05) is 13.6 Å². The summed E-state index contributed by atoms with van der Waals surface area (Å²) in [7, 11) is -0.111. The molecular weight excluding hydrogens is 356 g/mol. The summed E-state index contributed by atoms with van der Waals surface area (Å²) in [6.45, 7) is 1.70. The highest BCUT2D eigenvalue weighted by atomic mass is 32.2. The average Bonchev–Trinajstić information content (AvgIpc) is 2.66. The van der Waals surface area contributed by atoms with Crippen LogP contribution < -0.4 is 23.8 Å². The first-order valence-corrected chi connectivity index (χ1v) is 9.72. The molecule has 0 saturated carbocycles. The lowest BCUT2D eigenvalue weighted by atomic mass is 10.2. The molecule has 2 aromatic carbocycles. The normalized spacial score (nSPS) is 13.7. The third-order valence-electron chi connectivity index (χ3n) is 4.06. The van der Waals surface area contributed by atoms with E-state index in [1.54, 1.807) is 49.6 Å². The fraction of sp³-hybridized carbons (Fsp3) is 0.333. The van der Waals surface area contributed by atoms with Crippen molar-refractivity contribution >= 4 is 15.7 Å². The van der Waals surface area contributed by atoms with Gasteiger partial charge in [-0.25, -0.2) is 13.1 Å². The number of benzene rings is 2. The van der Waals surface area contributed by atoms with Gasteiger partial charge in [0.25, 0.3) is 0 Å². The highest BCUT2D eigenvalue weighted by Gasteiger charge is 2.20. The number of rotatable bonds is 7. The summed E-state index contributed by atoms with van der Waals surface area (Å²) in [6, 6.07) is 12.0. The Morgan fingerprint density at radius 2 is 1.88 bits per heavy atom. The molecule has 0 unspecified atom stereocenters. The van der Waals surface area contributed by atoms with Crippen LogP contribution in [0.3, 0.4) is 0 Å². The fourth-order valence-electron chi connectivity index (χ4n) is 2.60. The number of nitrogens with zero attached hydrogens (tertiary/aromatic N) is 1. The van der Waals surface area contributed by atoms with E-state index < -0.39 is 10.0 Å². The highest BCUT2D eigenvalue weighted by Crippen LogP contribution is 2.32. The second kappa shape index (κ2) is 7.84. The number of ether oxygens (including phenoxy) is 3. The number of hydrogen-bond donors (Lipinski definition) is 1. The van der Waals surface area contributed by atoms with E-state index in [1.807, 2.05) is 11.9 Å². The molecule has 1 aliphatic rings. The largest absolute Gasteiger partial charge is 0.497 e. The van der Waals surface area contributed by atoms with Crippen molar-refractivity contribution in [1.82, 2.24) is 4.72 Å². The second-order valence-corrected chi connectivity index (χ2v) is 7.59. The van der Waals surface area contributed by atoms with Gasteiger partial charge in [0.05, 0.1) is 24.2 Å². The summed E-state index contributed by atoms with van der Waals surface area (Å²) in [4.78, 5) is 2.18. The summed E-state index contributed by atoms with van der Waals surface area (Å²) >= 11 is 0. The third kappa shape index (κ3) is 4.20. The highest BCUT2D eigenvalue weighted by molar-refractivity contribution is 7.89. The van der Waals surface area contributed by atoms with Crippen molar-refractivity contribution in [3.63, 3.8) is 0 Å². The molecule has 0 bridgehead atoms. The van der Waals surface area contributed by atoms with Crippen LogP contribution in [0.15, 0.2) is 47.4 Å². The fourth-order valence-corrected chi connectivity index (χ4v) is 3.63. The van der Waals surface area contributed by atoms with Gasteiger partial charge in [-0.15, -0.1) is 0 Å². The molecule has 8 heteroatoms. The Balaban J connectivity index is 1.57. The van der Waals surface area contributed by atoms with Crippen LogP contribution in [0.1, 0.15) is 0 Å². The van der Waals surface area contributed by atoms with E-state index >= 15 is 0 Å². The van der Waals surface area contributed by atoms with Crippen LogP contribution in [-0.2, 0) is 10.0 Å². The minimum atomic E-state index is -3.61. The monoisotopic (exact) mass is 378 g/mol. The van der Waals surface area contributed by atoms with Crippen LogP contribution >= 0.6 is 0 Å². The molecule has 0 radical (unpaired) electrons. The molecule has 0 aromatic heterocycles. The van der Waals surface area contributed by atoms with Crippen LogP contribution in [-0.4, -0.2) is 48.9 Å². The number of methoxy groups -OCH3 is 1. The molecule has 26 heavy (non-hydrogen) atoms. The Morgan fingerprint density at radius 1 is 1.15 bits per heavy atom. The predicted molar refractivity (Wildman–Crippen MR) is 98.9 cm³/mol. The van der Waals surface area contributed by atoms with Crippen molar-refractivity contribution in [3.8, 4) is 17.2 Å². The van der Waals surface area contributed by atoms with Crippen molar-refractivity contribution in [1.29, 1.82) is 0 Å². The van der Waals surface area contributed by atoms with Crippen molar-refractivity contribution < 1.29 is 22.6 Å². The molecule has 0 fully saturated rings. The minimum Gasteiger partial charge on any atom is -0.497 e. The van der Waals surface area contributed by atoms with Crippen molar-refractivity contribution in [3.05, 3.63) is 42.5 Å². The molecule has 1 N–H and O–H groups in total. The molecule has 7 nitrogen and oxygen atoms in total. The summed E-state index contributed by atoms with van der Waals surface area (Å²) in [5.41, 5.74) is 0.772. The van der Waals surface area contributed by atoms with Crippen LogP contribution in [0.25, 0.3) is 0 Å². The first-order chi connectivity index (χ1) is 12.5. The van der Waals surface area contributed by atoms with Gasteiger partial charge in [-0.2, -0.15) is 0 Å². The van der Waals surface area contributed by atoms with E-state index in [0.717, 1.165) is 18.0 Å². The van der Waals surface area contributed by atoms with Gasteiger partial charge in [0.2, 0.25) is 10.0 Å². The SMILES string of the molecule is COc1ccc(OCCNS(=O)(=O)c2ccc3c(c2)N(C)CCO3)cc1. The van der Waals surface area contributed by atoms with E-state index in [1.165, 1.54) is 0 Å². The van der Waals surface area contributed by atoms with E-state index in [-0.39, 0.29) is 18.0 Å². The van der Waals surface area contributed by atoms with Crippen LogP contribution in [0.4, 0.5) is 5.69 Å². The number of hydrogen-bond acceptors (Lipinski definition) is 6. The predicted octanol–water partition coefficient (Wildman–Crippen LogP) is 1.88. The van der Waals surface area contributed by atoms with Gasteiger partial charge in [-0.3, -0.25) is 0 Å². The molecule has 0 atom stereocenters. The molecule has 1 heterocycles. The Labute approximate surface area is 153 Å². The van der Waals surface area contributed by atoms with Crippen molar-refractivity contribution in [2.24, 2.45) is 0 Å². The zero-order valence-electron chi connectivity index (χ0n) is 14.8. The maximum absolute atomic E-state index is 12.5. The van der Waals surface area contributed by atoms with Crippen LogP contribution in [0, 0.1) is 0 Å². The van der Waals surface area contributed by atoms with Crippen LogP contribution in [0.5, 0.6) is 17.2 Å². The lowest BCUT2D eigenvalue weighted by Crippen LogP contribution is -2.30. The lowest BCUT2D eigenvalue weighted by molar-refractivity contribution is 0.311. The molecule has 0 amide bonds. The molecular formula is C18H22N2O5S. The Bertz CT molecular complexity index is 852. The summed E-state index contributed by atoms with van der Waals surface area (Å²) in [5, 5.41) is 0. The number of fused-ring (bicyclic) bond motifs is 1. The van der Waals surface area contributed by atoms with Gasteiger partial charge in [-0.1, -0.05) is 0 Å². The molecule has 3 rings (SSSR count). The van der Waals surface area contributed by atoms with E-state index in [2.05, 4.69) is 4.72 Å². The maximum Gasteiger partial charge on any atom is 0.240 e. The summed E-state index contributed by atoms with van der Waals surface area (Å²) in [6.07, 6.45) is 0. The Kier molecular flexibility index (Phi) is 5.53. The molecule has 2 aromatic rings. The molecule has 0 spiro atoms. The number of anilines is 1. The Hall–Kier alpha value is -2.45. The molecule has 0 saturated heterocycles. The van der Waals surface area contributed by atoms with Gasteiger partial charge in [0.1, 0.15) is 30.5 Å².